The molecule has 2 aliphatic rings. The number of benzene rings is 1. The number of nitrogens with zero attached hydrogens (tertiary/aromatic N) is 3. The van der Waals surface area contributed by atoms with Gasteiger partial charge in [0.15, 0.2) is 0 Å². The molecule has 4 rings (SSSR count). The van der Waals surface area contributed by atoms with E-state index in [0.717, 1.165) is 42.9 Å². The van der Waals surface area contributed by atoms with Crippen LogP contribution in [0.4, 0.5) is 0 Å². The minimum atomic E-state index is -0.366. The highest BCUT2D eigenvalue weighted by atomic mass is 35.5. The zero-order valence-corrected chi connectivity index (χ0v) is 17.7. The number of nitrogens with one attached hydrogen (secondary N) is 1. The van der Waals surface area contributed by atoms with Crippen molar-refractivity contribution in [3.05, 3.63) is 65.0 Å². The molecule has 30 heavy (non-hydrogen) atoms. The number of carbonyl (C=O) groups is 3. The molecule has 3 heterocycles. The van der Waals surface area contributed by atoms with Crippen LogP contribution in [0.3, 0.4) is 0 Å². The van der Waals surface area contributed by atoms with Gasteiger partial charge in [0.1, 0.15) is 0 Å². The van der Waals surface area contributed by atoms with Gasteiger partial charge in [-0.15, -0.1) is 12.4 Å². The van der Waals surface area contributed by atoms with Gasteiger partial charge in [0.05, 0.1) is 23.4 Å². The second-order valence-corrected chi connectivity index (χ2v) is 7.52. The second kappa shape index (κ2) is 9.36. The molecule has 1 unspecified atom stereocenters. The van der Waals surface area contributed by atoms with Crippen molar-refractivity contribution in [3.63, 3.8) is 0 Å². The van der Waals surface area contributed by atoms with Crippen LogP contribution in [0.25, 0.3) is 0 Å². The Morgan fingerprint density at radius 2 is 1.93 bits per heavy atom. The van der Waals surface area contributed by atoms with E-state index in [-0.39, 0.29) is 36.2 Å². The van der Waals surface area contributed by atoms with Crippen molar-refractivity contribution in [1.29, 1.82) is 0 Å². The van der Waals surface area contributed by atoms with E-state index in [2.05, 4.69) is 10.3 Å². The molecule has 1 saturated heterocycles. The van der Waals surface area contributed by atoms with E-state index in [1.807, 2.05) is 23.1 Å². The average molecular weight is 429 g/mol. The number of imide groups is 1. The summed E-state index contributed by atoms with van der Waals surface area (Å²) in [6, 6.07) is 10.6. The molecule has 3 amide bonds. The van der Waals surface area contributed by atoms with Crippen molar-refractivity contribution >= 4 is 30.1 Å². The summed E-state index contributed by atoms with van der Waals surface area (Å²) >= 11 is 0. The number of amides is 3. The Balaban J connectivity index is 0.00000256. The lowest BCUT2D eigenvalue weighted by atomic mass is 10.0. The highest BCUT2D eigenvalue weighted by Gasteiger charge is 2.34. The summed E-state index contributed by atoms with van der Waals surface area (Å²) in [6.07, 6.45) is 4.50. The third kappa shape index (κ3) is 4.22. The predicted molar refractivity (Wildman–Crippen MR) is 115 cm³/mol. The first-order chi connectivity index (χ1) is 14.1. The molecule has 0 spiro atoms. The largest absolute Gasteiger partial charge is 0.330 e. The maximum Gasteiger partial charge on any atom is 0.261 e. The third-order valence-corrected chi connectivity index (χ3v) is 5.64. The predicted octanol–water partition coefficient (Wildman–Crippen LogP) is 2.51. The second-order valence-electron chi connectivity index (χ2n) is 7.52. The Morgan fingerprint density at radius 1 is 1.13 bits per heavy atom. The van der Waals surface area contributed by atoms with Gasteiger partial charge in [0, 0.05) is 24.8 Å². The maximum absolute atomic E-state index is 13.5. The van der Waals surface area contributed by atoms with Crippen molar-refractivity contribution in [2.45, 2.75) is 31.8 Å². The van der Waals surface area contributed by atoms with Crippen molar-refractivity contribution < 1.29 is 14.4 Å². The van der Waals surface area contributed by atoms with E-state index in [4.69, 9.17) is 0 Å². The molecule has 1 aromatic heterocycles. The van der Waals surface area contributed by atoms with Crippen molar-refractivity contribution in [3.8, 4) is 0 Å². The van der Waals surface area contributed by atoms with Crippen LogP contribution < -0.4 is 5.32 Å². The van der Waals surface area contributed by atoms with Gasteiger partial charge in [-0.1, -0.05) is 6.07 Å². The van der Waals surface area contributed by atoms with Crippen LogP contribution in [-0.2, 0) is 6.54 Å². The molecule has 0 radical (unpaired) electrons. The molecule has 1 aromatic carbocycles. The third-order valence-electron chi connectivity index (χ3n) is 5.64. The maximum atomic E-state index is 13.5. The Bertz CT molecular complexity index is 943. The van der Waals surface area contributed by atoms with Crippen LogP contribution in [0.5, 0.6) is 0 Å². The number of rotatable bonds is 4. The quantitative estimate of drug-likeness (QED) is 0.756. The monoisotopic (exact) mass is 428 g/mol. The molecule has 1 N–H and O–H groups in total. The smallest absolute Gasteiger partial charge is 0.261 e. The number of carbonyl (C=O) groups excluding carboxylic acids is 3. The van der Waals surface area contributed by atoms with E-state index in [1.54, 1.807) is 24.4 Å². The van der Waals surface area contributed by atoms with Crippen LogP contribution in [0.15, 0.2) is 42.6 Å². The first-order valence-corrected chi connectivity index (χ1v) is 9.94. The zero-order chi connectivity index (χ0) is 20.4. The molecule has 7 nitrogen and oxygen atoms in total. The van der Waals surface area contributed by atoms with E-state index >= 15 is 0 Å². The van der Waals surface area contributed by atoms with Gasteiger partial charge in [-0.05, 0) is 62.7 Å². The fourth-order valence-corrected chi connectivity index (χ4v) is 4.01. The van der Waals surface area contributed by atoms with Crippen molar-refractivity contribution in [2.24, 2.45) is 0 Å². The van der Waals surface area contributed by atoms with Gasteiger partial charge >= 0.3 is 0 Å². The Labute approximate surface area is 181 Å². The zero-order valence-electron chi connectivity index (χ0n) is 16.8. The fraction of sp³-hybridized carbons (Fsp3) is 0.364. The summed E-state index contributed by atoms with van der Waals surface area (Å²) in [5.41, 5.74) is 1.89. The van der Waals surface area contributed by atoms with Gasteiger partial charge in [0.2, 0.25) is 0 Å². The summed E-state index contributed by atoms with van der Waals surface area (Å²) in [5, 5.41) is 3.38. The van der Waals surface area contributed by atoms with Crippen LogP contribution >= 0.6 is 12.4 Å². The van der Waals surface area contributed by atoms with Crippen molar-refractivity contribution in [2.75, 3.05) is 20.1 Å². The number of hydrogen-bond donors (Lipinski definition) is 1. The average Bonchev–Trinajstić information content (AvgIpc) is 2.96. The fourth-order valence-electron chi connectivity index (χ4n) is 4.01. The van der Waals surface area contributed by atoms with E-state index in [0.29, 0.717) is 23.2 Å². The molecular formula is C22H25ClN4O3. The lowest BCUT2D eigenvalue weighted by molar-refractivity contribution is 0.0641. The number of pyridine rings is 1. The summed E-state index contributed by atoms with van der Waals surface area (Å²) in [4.78, 5) is 45.3. The normalized spacial score (nSPS) is 18.4. The van der Waals surface area contributed by atoms with Crippen LogP contribution in [0.2, 0.25) is 0 Å². The van der Waals surface area contributed by atoms with Gasteiger partial charge in [-0.25, -0.2) is 0 Å². The minimum absolute atomic E-state index is 0. The number of aromatic nitrogens is 1. The number of fused-ring (bicyclic) bond motifs is 1. The molecule has 0 saturated carbocycles. The highest BCUT2D eigenvalue weighted by molar-refractivity contribution is 6.21. The molecule has 0 bridgehead atoms. The number of hydrogen-bond acceptors (Lipinski definition) is 5. The van der Waals surface area contributed by atoms with Gasteiger partial charge in [-0.3, -0.25) is 24.3 Å². The van der Waals surface area contributed by atoms with E-state index < -0.39 is 0 Å². The standard InChI is InChI=1S/C22H24N4O3.ClH/c1-25-21(28)18-8-7-15(13-19(18)22(25)29)20(27)26(14-16-5-2-3-11-24-16)17-6-4-10-23-12-9-17;/h2-3,5,7-8,11,13,17,23H,4,6,9-10,12,14H2,1H3;1H. The Hall–Kier alpha value is -2.77. The highest BCUT2D eigenvalue weighted by Crippen LogP contribution is 2.25. The van der Waals surface area contributed by atoms with Crippen molar-refractivity contribution in [1.82, 2.24) is 20.1 Å². The van der Waals surface area contributed by atoms with Gasteiger partial charge in [-0.2, -0.15) is 0 Å². The molecule has 2 aromatic rings. The molecule has 1 fully saturated rings. The number of halogens is 1. The Morgan fingerprint density at radius 3 is 2.70 bits per heavy atom. The van der Waals surface area contributed by atoms with Gasteiger partial charge < -0.3 is 10.2 Å². The topological polar surface area (TPSA) is 82.6 Å². The molecule has 1 atom stereocenters. The summed E-state index contributed by atoms with van der Waals surface area (Å²) in [5.74, 6) is -0.834. The molecular weight excluding hydrogens is 404 g/mol. The molecule has 8 heteroatoms. The van der Waals surface area contributed by atoms with Gasteiger partial charge in [0.25, 0.3) is 17.7 Å². The lowest BCUT2D eigenvalue weighted by Gasteiger charge is -2.31. The molecule has 2 aliphatic heterocycles. The first kappa shape index (κ1) is 21.9. The first-order valence-electron chi connectivity index (χ1n) is 9.94. The minimum Gasteiger partial charge on any atom is -0.330 e. The molecule has 158 valence electrons. The van der Waals surface area contributed by atoms with Crippen LogP contribution in [0, 0.1) is 0 Å². The van der Waals surface area contributed by atoms with Crippen LogP contribution in [-0.4, -0.2) is 58.7 Å². The lowest BCUT2D eigenvalue weighted by Crippen LogP contribution is -2.40. The Kier molecular flexibility index (Phi) is 6.84. The SMILES string of the molecule is CN1C(=O)c2ccc(C(=O)N(Cc3ccccn3)C3CCCNCC3)cc2C1=O.Cl. The van der Waals surface area contributed by atoms with E-state index in [9.17, 15) is 14.4 Å². The summed E-state index contributed by atoms with van der Waals surface area (Å²) < 4.78 is 0. The molecule has 0 aliphatic carbocycles. The summed E-state index contributed by atoms with van der Waals surface area (Å²) in [7, 11) is 1.46. The summed E-state index contributed by atoms with van der Waals surface area (Å²) in [6.45, 7) is 2.22. The van der Waals surface area contributed by atoms with Crippen LogP contribution in [0.1, 0.15) is 56.0 Å². The van der Waals surface area contributed by atoms with E-state index in [1.165, 1.54) is 7.05 Å².